The van der Waals surface area contributed by atoms with Gasteiger partial charge in [-0.15, -0.1) is 0 Å². The SMILES string of the molecule is Nc1ccc(-c2ccccc2)cc1NC(=O)c1ccc(N2CCC3(CC2)CC(C(=O)NCCc2ccccc2)=NO3)nc1. The highest BCUT2D eigenvalue weighted by Crippen LogP contribution is 2.36. The number of oxime groups is 1. The molecule has 0 unspecified atom stereocenters. The van der Waals surface area contributed by atoms with Crippen LogP contribution in [0.2, 0.25) is 0 Å². The van der Waals surface area contributed by atoms with Crippen LogP contribution in [0.5, 0.6) is 0 Å². The Labute approximate surface area is 250 Å². The van der Waals surface area contributed by atoms with Gasteiger partial charge in [-0.3, -0.25) is 9.59 Å². The van der Waals surface area contributed by atoms with Crippen molar-refractivity contribution >= 4 is 34.7 Å². The first-order valence-corrected chi connectivity index (χ1v) is 14.5. The van der Waals surface area contributed by atoms with E-state index in [9.17, 15) is 9.59 Å². The Hall–Kier alpha value is -5.18. The Morgan fingerprint density at radius 3 is 2.35 bits per heavy atom. The highest BCUT2D eigenvalue weighted by Gasteiger charge is 2.44. The fraction of sp³-hybridized carbons (Fsp3) is 0.235. The van der Waals surface area contributed by atoms with E-state index in [4.69, 9.17) is 10.6 Å². The van der Waals surface area contributed by atoms with Crippen LogP contribution in [0, 0.1) is 0 Å². The molecule has 1 aromatic heterocycles. The number of nitrogens with two attached hydrogens (primary N) is 1. The van der Waals surface area contributed by atoms with E-state index in [1.807, 2.05) is 78.9 Å². The van der Waals surface area contributed by atoms with Gasteiger partial charge in [0.2, 0.25) is 0 Å². The van der Waals surface area contributed by atoms with Gasteiger partial charge in [0.15, 0.2) is 0 Å². The van der Waals surface area contributed by atoms with Gasteiger partial charge in [0.1, 0.15) is 17.1 Å². The molecule has 43 heavy (non-hydrogen) atoms. The van der Waals surface area contributed by atoms with Crippen LogP contribution in [0.4, 0.5) is 17.2 Å². The predicted octanol–water partition coefficient (Wildman–Crippen LogP) is 5.06. The molecule has 3 aromatic carbocycles. The third kappa shape index (κ3) is 6.51. The fourth-order valence-corrected chi connectivity index (χ4v) is 5.50. The van der Waals surface area contributed by atoms with Crippen molar-refractivity contribution in [1.82, 2.24) is 10.3 Å². The van der Waals surface area contributed by atoms with Crippen molar-refractivity contribution in [3.05, 3.63) is 108 Å². The molecule has 2 amide bonds. The molecule has 0 aliphatic carbocycles. The van der Waals surface area contributed by atoms with Crippen LogP contribution in [0.25, 0.3) is 11.1 Å². The number of hydrogen-bond donors (Lipinski definition) is 3. The number of nitrogen functional groups attached to an aromatic ring is 1. The maximum absolute atomic E-state index is 13.0. The summed E-state index contributed by atoms with van der Waals surface area (Å²) in [5.41, 5.74) is 10.8. The quantitative estimate of drug-likeness (QED) is 0.253. The first-order valence-electron chi connectivity index (χ1n) is 14.5. The summed E-state index contributed by atoms with van der Waals surface area (Å²) in [5.74, 6) is 0.341. The van der Waals surface area contributed by atoms with Gasteiger partial charge in [-0.2, -0.15) is 0 Å². The lowest BCUT2D eigenvalue weighted by Gasteiger charge is -2.37. The smallest absolute Gasteiger partial charge is 0.269 e. The molecule has 1 spiro atoms. The predicted molar refractivity (Wildman–Crippen MR) is 169 cm³/mol. The first-order chi connectivity index (χ1) is 21.0. The van der Waals surface area contributed by atoms with Gasteiger partial charge in [-0.25, -0.2) is 4.98 Å². The molecule has 2 aliphatic rings. The zero-order valence-electron chi connectivity index (χ0n) is 23.8. The number of piperidine rings is 1. The van der Waals surface area contributed by atoms with Crippen LogP contribution in [0.15, 0.2) is 102 Å². The topological polar surface area (TPSA) is 122 Å². The maximum Gasteiger partial charge on any atom is 0.269 e. The van der Waals surface area contributed by atoms with Crippen molar-refractivity contribution in [2.45, 2.75) is 31.3 Å². The number of amides is 2. The third-order valence-electron chi connectivity index (χ3n) is 8.06. The Bertz CT molecular complexity index is 1620. The van der Waals surface area contributed by atoms with Crippen LogP contribution >= 0.6 is 0 Å². The second-order valence-electron chi connectivity index (χ2n) is 11.0. The molecule has 1 fully saturated rings. The van der Waals surface area contributed by atoms with Crippen LogP contribution < -0.4 is 21.3 Å². The molecule has 0 radical (unpaired) electrons. The van der Waals surface area contributed by atoms with Crippen molar-refractivity contribution in [3.8, 4) is 11.1 Å². The Balaban J connectivity index is 0.999. The molecule has 9 heteroatoms. The number of nitrogens with zero attached hydrogens (tertiary/aromatic N) is 3. The first kappa shape index (κ1) is 28.0. The highest BCUT2D eigenvalue weighted by atomic mass is 16.7. The van der Waals surface area contributed by atoms with Crippen LogP contribution in [-0.2, 0) is 16.1 Å². The number of aromatic nitrogens is 1. The maximum atomic E-state index is 13.0. The third-order valence-corrected chi connectivity index (χ3v) is 8.06. The Kier molecular flexibility index (Phi) is 8.04. The lowest BCUT2D eigenvalue weighted by Crippen LogP contribution is -2.45. The Morgan fingerprint density at radius 2 is 1.63 bits per heavy atom. The molecule has 0 bridgehead atoms. The summed E-state index contributed by atoms with van der Waals surface area (Å²) < 4.78 is 0. The molecule has 0 saturated carbocycles. The average molecular weight is 575 g/mol. The summed E-state index contributed by atoms with van der Waals surface area (Å²) in [5, 5.41) is 10.0. The van der Waals surface area contributed by atoms with E-state index in [0.717, 1.165) is 36.2 Å². The van der Waals surface area contributed by atoms with Crippen molar-refractivity contribution in [2.24, 2.45) is 5.16 Å². The minimum atomic E-state index is -0.462. The molecule has 4 N–H and O–H groups in total. The summed E-state index contributed by atoms with van der Waals surface area (Å²) in [4.78, 5) is 38.2. The molecular weight excluding hydrogens is 540 g/mol. The van der Waals surface area contributed by atoms with E-state index >= 15 is 0 Å². The van der Waals surface area contributed by atoms with Gasteiger partial charge in [0, 0.05) is 45.1 Å². The van der Waals surface area contributed by atoms with Crippen LogP contribution in [0.1, 0.15) is 35.2 Å². The summed E-state index contributed by atoms with van der Waals surface area (Å²) >= 11 is 0. The van der Waals surface area contributed by atoms with Crippen molar-refractivity contribution in [2.75, 3.05) is 35.6 Å². The summed E-state index contributed by atoms with van der Waals surface area (Å²) in [6.45, 7) is 1.97. The van der Waals surface area contributed by atoms with Gasteiger partial charge in [0.25, 0.3) is 11.8 Å². The molecule has 218 valence electrons. The number of nitrogens with one attached hydrogen (secondary N) is 2. The fourth-order valence-electron chi connectivity index (χ4n) is 5.50. The normalized spacial score (nSPS) is 15.4. The molecular formula is C34H34N6O3. The Morgan fingerprint density at radius 1 is 0.884 bits per heavy atom. The van der Waals surface area contributed by atoms with Gasteiger partial charge in [0.05, 0.1) is 16.9 Å². The monoisotopic (exact) mass is 574 g/mol. The minimum Gasteiger partial charge on any atom is -0.397 e. The number of rotatable bonds is 8. The molecule has 2 aliphatic heterocycles. The van der Waals surface area contributed by atoms with Crippen LogP contribution in [-0.4, -0.2) is 47.7 Å². The lowest BCUT2D eigenvalue weighted by molar-refractivity contribution is -0.114. The average Bonchev–Trinajstić information content (AvgIpc) is 3.47. The number of carbonyl (C=O) groups excluding carboxylic acids is 2. The molecule has 9 nitrogen and oxygen atoms in total. The van der Waals surface area contributed by atoms with E-state index in [-0.39, 0.29) is 11.8 Å². The number of carbonyl (C=O) groups is 2. The van der Waals surface area contributed by atoms with E-state index in [2.05, 4.69) is 25.7 Å². The number of pyridine rings is 1. The number of benzene rings is 3. The van der Waals surface area contributed by atoms with Crippen molar-refractivity contribution in [3.63, 3.8) is 0 Å². The number of anilines is 3. The van der Waals surface area contributed by atoms with Crippen molar-refractivity contribution < 1.29 is 14.4 Å². The zero-order valence-corrected chi connectivity index (χ0v) is 23.8. The second kappa shape index (κ2) is 12.4. The molecule has 3 heterocycles. The van der Waals surface area contributed by atoms with Crippen molar-refractivity contribution in [1.29, 1.82) is 0 Å². The van der Waals surface area contributed by atoms with E-state index < -0.39 is 5.60 Å². The van der Waals surface area contributed by atoms with Gasteiger partial charge in [-0.1, -0.05) is 71.9 Å². The molecule has 4 aromatic rings. The largest absolute Gasteiger partial charge is 0.397 e. The van der Waals surface area contributed by atoms with Gasteiger partial charge < -0.3 is 26.1 Å². The van der Waals surface area contributed by atoms with Crippen LogP contribution in [0.3, 0.4) is 0 Å². The van der Waals surface area contributed by atoms with E-state index in [1.165, 1.54) is 5.56 Å². The van der Waals surface area contributed by atoms with Gasteiger partial charge in [-0.05, 0) is 47.4 Å². The molecule has 1 saturated heterocycles. The summed E-state index contributed by atoms with van der Waals surface area (Å²) in [6, 6.07) is 29.2. The van der Waals surface area contributed by atoms with Gasteiger partial charge >= 0.3 is 0 Å². The molecule has 0 atom stereocenters. The van der Waals surface area contributed by atoms with E-state index in [0.29, 0.717) is 48.7 Å². The standard InChI is InChI=1S/C34H34N6O3/c35-28-13-11-26(25-9-5-2-6-10-25)21-29(28)38-32(41)27-12-14-31(37-23-27)40-19-16-34(17-20-40)22-30(39-43-34)33(42)36-18-15-24-7-3-1-4-8-24/h1-14,21,23H,15-20,22,35H2,(H,36,42)(H,38,41). The number of hydrogen-bond acceptors (Lipinski definition) is 7. The summed E-state index contributed by atoms with van der Waals surface area (Å²) in [7, 11) is 0. The summed E-state index contributed by atoms with van der Waals surface area (Å²) in [6.07, 6.45) is 4.29. The zero-order chi connectivity index (χ0) is 29.6. The second-order valence-corrected chi connectivity index (χ2v) is 11.0. The molecule has 6 rings (SSSR count). The minimum absolute atomic E-state index is 0.167. The van der Waals surface area contributed by atoms with E-state index in [1.54, 1.807) is 18.3 Å². The lowest BCUT2D eigenvalue weighted by atomic mass is 9.86. The highest BCUT2D eigenvalue weighted by molar-refractivity contribution is 6.39.